The molecule has 0 aliphatic carbocycles. The fourth-order valence-corrected chi connectivity index (χ4v) is 2.04. The van der Waals surface area contributed by atoms with E-state index in [4.69, 9.17) is 5.11 Å². The van der Waals surface area contributed by atoms with Crippen LogP contribution >= 0.6 is 0 Å². The summed E-state index contributed by atoms with van der Waals surface area (Å²) in [6, 6.07) is 5.16. The topological polar surface area (TPSA) is 227 Å². The predicted octanol–water partition coefficient (Wildman–Crippen LogP) is -22.6. The zero-order chi connectivity index (χ0) is 23.3. The van der Waals surface area contributed by atoms with E-state index in [1.54, 1.807) is 0 Å². The van der Waals surface area contributed by atoms with Crippen LogP contribution in [0.4, 0.5) is 0 Å². The molecule has 0 aromatic heterocycles. The predicted molar refractivity (Wildman–Crippen MR) is 85.3 cm³/mol. The van der Waals surface area contributed by atoms with Crippen LogP contribution in [-0.2, 0) is 19.2 Å². The number of benzene rings is 1. The van der Waals surface area contributed by atoms with Crippen LogP contribution in [0.5, 0.6) is 5.75 Å². The van der Waals surface area contributed by atoms with Gasteiger partial charge in [0, 0.05) is 39.3 Å². The number of carboxylic acid groups (broad SMARTS) is 5. The maximum Gasteiger partial charge on any atom is 1.00 e. The number of aromatic hydroxyl groups is 1. The average Bonchev–Trinajstić information content (AvgIpc) is 2.58. The first-order valence-electron chi connectivity index (χ1n) is 8.15. The molecule has 0 amide bonds. The Morgan fingerprint density at radius 2 is 0.829 bits per heavy atom. The summed E-state index contributed by atoms with van der Waals surface area (Å²) in [5.74, 6) is -7.31. The molecular weight excluding hydrogens is 523 g/mol. The zero-order valence-electron chi connectivity index (χ0n) is 20.5. The van der Waals surface area contributed by atoms with Gasteiger partial charge in [0.15, 0.2) is 0 Å². The second-order valence-corrected chi connectivity index (χ2v) is 5.74. The molecule has 0 aliphatic rings. The molecular formula is C17H17N2Na5O11. The van der Waals surface area contributed by atoms with Gasteiger partial charge in [-0.15, -0.1) is 0 Å². The number of aromatic carboxylic acids is 1. The summed E-state index contributed by atoms with van der Waals surface area (Å²) in [6.45, 7) is -3.25. The van der Waals surface area contributed by atoms with Gasteiger partial charge >= 0.3 is 148 Å². The number of phenols is 1. The van der Waals surface area contributed by atoms with Gasteiger partial charge in [-0.1, -0.05) is 0 Å². The first-order chi connectivity index (χ1) is 13.9. The van der Waals surface area contributed by atoms with Crippen molar-refractivity contribution in [3.05, 3.63) is 29.8 Å². The monoisotopic (exact) mass is 540 g/mol. The van der Waals surface area contributed by atoms with Crippen LogP contribution in [0.3, 0.4) is 0 Å². The normalized spacial score (nSPS) is 8.74. The Morgan fingerprint density at radius 1 is 0.571 bits per heavy atom. The second kappa shape index (κ2) is 28.3. The number of aliphatic carboxylic acids is 4. The van der Waals surface area contributed by atoms with Gasteiger partial charge in [0.05, 0.1) is 29.8 Å². The van der Waals surface area contributed by atoms with E-state index in [9.17, 15) is 49.5 Å². The van der Waals surface area contributed by atoms with Gasteiger partial charge < -0.3 is 54.6 Å². The Morgan fingerprint density at radius 3 is 1.03 bits per heavy atom. The van der Waals surface area contributed by atoms with E-state index >= 15 is 0 Å². The van der Waals surface area contributed by atoms with Crippen molar-refractivity contribution in [2.24, 2.45) is 0 Å². The Bertz CT molecular complexity index is 701. The Kier molecular flexibility index (Phi) is 39.8. The number of carboxylic acids is 5. The molecule has 13 nitrogen and oxygen atoms in total. The van der Waals surface area contributed by atoms with Crippen LogP contribution in [0.15, 0.2) is 24.3 Å². The fourth-order valence-electron chi connectivity index (χ4n) is 2.04. The molecule has 1 aromatic carbocycles. The molecule has 0 saturated carbocycles. The van der Waals surface area contributed by atoms with E-state index < -0.39 is 56.0 Å². The van der Waals surface area contributed by atoms with Gasteiger partial charge in [0.1, 0.15) is 5.75 Å². The van der Waals surface area contributed by atoms with Crippen LogP contribution in [0.1, 0.15) is 10.4 Å². The third kappa shape index (κ3) is 29.7. The minimum Gasteiger partial charge on any atom is -0.549 e. The number of nitrogens with zero attached hydrogens (tertiary/aromatic N) is 2. The van der Waals surface area contributed by atoms with Crippen LogP contribution in [0.2, 0.25) is 0 Å². The minimum atomic E-state index is -1.53. The standard InChI is InChI=1S/C10H16N2O8.C7H6O3.5Na/c13-7(14)3-11(4-8(15)16)1-2-12(5-9(17)18)6-10(19)20;8-6-3-1-5(2-4-6)7(9)10;;;;;/h1-6H2,(H,13,14)(H,15,16)(H,17,18)(H,19,20);1-4,8H,(H,9,10);;;;;/q;;5*+1/p-5. The van der Waals surface area contributed by atoms with Gasteiger partial charge in [0.2, 0.25) is 0 Å². The summed E-state index contributed by atoms with van der Waals surface area (Å²) in [5.41, 5.74) is 0.0674. The molecule has 0 radical (unpaired) electrons. The molecule has 18 heteroatoms. The number of carbonyl (C=O) groups excluding carboxylic acids is 5. The van der Waals surface area contributed by atoms with Gasteiger partial charge in [-0.2, -0.15) is 0 Å². The molecule has 0 bridgehead atoms. The maximum atomic E-state index is 10.4. The average molecular weight is 540 g/mol. The van der Waals surface area contributed by atoms with Crippen molar-refractivity contribution in [3.63, 3.8) is 0 Å². The number of phenolic OH excluding ortho intramolecular Hbond substituents is 1. The van der Waals surface area contributed by atoms with Crippen molar-refractivity contribution in [1.29, 1.82) is 0 Å². The molecule has 1 rings (SSSR count). The molecule has 1 N–H and O–H groups in total. The summed E-state index contributed by atoms with van der Waals surface area (Å²) < 4.78 is 0. The van der Waals surface area contributed by atoms with Gasteiger partial charge in [-0.25, -0.2) is 0 Å². The van der Waals surface area contributed by atoms with Crippen LogP contribution < -0.4 is 173 Å². The Labute approximate surface area is 312 Å². The van der Waals surface area contributed by atoms with Gasteiger partial charge in [0.25, 0.3) is 0 Å². The molecule has 35 heavy (non-hydrogen) atoms. The van der Waals surface area contributed by atoms with E-state index in [-0.39, 0.29) is 172 Å². The van der Waals surface area contributed by atoms with Crippen molar-refractivity contribution in [2.75, 3.05) is 39.3 Å². The molecule has 0 spiro atoms. The van der Waals surface area contributed by atoms with E-state index in [0.717, 1.165) is 9.80 Å². The SMILES string of the molecule is O=C([O-])CN(CCN(CC(=O)[O-])CC(=O)[O-])CC(=O)[O-].O=C([O-])c1ccc(O)cc1.[Na+].[Na+].[Na+].[Na+].[Na+]. The van der Waals surface area contributed by atoms with E-state index in [0.29, 0.717) is 0 Å². The fraction of sp³-hybridized carbons (Fsp3) is 0.353. The molecule has 0 saturated heterocycles. The Balaban J connectivity index is -0.000000121. The molecule has 0 aliphatic heterocycles. The molecule has 1 aromatic rings. The molecule has 0 fully saturated rings. The van der Waals surface area contributed by atoms with E-state index in [2.05, 4.69) is 0 Å². The first kappa shape index (κ1) is 49.3. The summed E-state index contributed by atoms with van der Waals surface area (Å²) in [6.07, 6.45) is 0. The van der Waals surface area contributed by atoms with E-state index in [1.165, 1.54) is 24.3 Å². The number of rotatable bonds is 12. The zero-order valence-corrected chi connectivity index (χ0v) is 30.5. The maximum absolute atomic E-state index is 10.4. The molecule has 0 atom stereocenters. The van der Waals surface area contributed by atoms with Gasteiger partial charge in [-0.05, 0) is 29.8 Å². The quantitative estimate of drug-likeness (QED) is 0.243. The summed E-state index contributed by atoms with van der Waals surface area (Å²) in [4.78, 5) is 53.5. The smallest absolute Gasteiger partial charge is 0.549 e. The largest absolute Gasteiger partial charge is 1.00 e. The van der Waals surface area contributed by atoms with E-state index in [1.807, 2.05) is 0 Å². The molecule has 0 heterocycles. The number of hydrogen-bond acceptors (Lipinski definition) is 13. The minimum absolute atomic E-state index is 0. The van der Waals surface area contributed by atoms with Crippen molar-refractivity contribution in [2.45, 2.75) is 0 Å². The Hall–Kier alpha value is 1.29. The number of hydrogen-bond donors (Lipinski definition) is 1. The van der Waals surface area contributed by atoms with Crippen LogP contribution in [0.25, 0.3) is 0 Å². The van der Waals surface area contributed by atoms with Crippen LogP contribution in [-0.4, -0.2) is 84.0 Å². The third-order valence-corrected chi connectivity index (χ3v) is 3.25. The van der Waals surface area contributed by atoms with Crippen molar-refractivity contribution in [1.82, 2.24) is 9.80 Å². The summed E-state index contributed by atoms with van der Waals surface area (Å²) in [7, 11) is 0. The second-order valence-electron chi connectivity index (χ2n) is 5.74. The van der Waals surface area contributed by atoms with Crippen LogP contribution in [0, 0.1) is 0 Å². The molecule has 166 valence electrons. The number of carbonyl (C=O) groups is 5. The first-order valence-corrected chi connectivity index (χ1v) is 8.15. The summed E-state index contributed by atoms with van der Waals surface area (Å²) in [5, 5.41) is 60.5. The van der Waals surface area contributed by atoms with Crippen molar-refractivity contribution in [3.8, 4) is 5.75 Å². The van der Waals surface area contributed by atoms with Crippen molar-refractivity contribution < 1.29 is 202 Å². The van der Waals surface area contributed by atoms with Crippen molar-refractivity contribution >= 4 is 29.8 Å². The van der Waals surface area contributed by atoms with Gasteiger partial charge in [-0.3, -0.25) is 9.80 Å². The summed E-state index contributed by atoms with van der Waals surface area (Å²) >= 11 is 0. The third-order valence-electron chi connectivity index (χ3n) is 3.25. The molecule has 0 unspecified atom stereocenters.